The molecule has 0 bridgehead atoms. The molecule has 10 heteroatoms. The van der Waals surface area contributed by atoms with Crippen LogP contribution in [0.25, 0.3) is 6.08 Å². The van der Waals surface area contributed by atoms with E-state index in [9.17, 15) is 14.4 Å². The number of carboxylic acids is 1. The summed E-state index contributed by atoms with van der Waals surface area (Å²) in [6.07, 6.45) is 1.57. The molecule has 2 aromatic rings. The molecular weight excluding hydrogens is 505 g/mol. The van der Waals surface area contributed by atoms with Crippen LogP contribution in [-0.2, 0) is 16.1 Å². The second-order valence-corrected chi connectivity index (χ2v) is 8.50. The van der Waals surface area contributed by atoms with Gasteiger partial charge in [0.25, 0.3) is 11.1 Å². The Kier molecular flexibility index (Phi) is 6.89. The van der Waals surface area contributed by atoms with Crippen molar-refractivity contribution in [3.63, 3.8) is 0 Å². The van der Waals surface area contributed by atoms with Gasteiger partial charge in [-0.2, -0.15) is 0 Å². The van der Waals surface area contributed by atoms with Crippen LogP contribution in [0.5, 0.6) is 5.75 Å². The van der Waals surface area contributed by atoms with Crippen molar-refractivity contribution in [1.29, 1.82) is 0 Å². The maximum Gasteiger partial charge on any atom is 0.341 e. The van der Waals surface area contributed by atoms with Gasteiger partial charge in [-0.05, 0) is 63.6 Å². The van der Waals surface area contributed by atoms with Gasteiger partial charge in [0.1, 0.15) is 5.75 Å². The van der Waals surface area contributed by atoms with Gasteiger partial charge in [0, 0.05) is 15.6 Å². The summed E-state index contributed by atoms with van der Waals surface area (Å²) >= 11 is 16.4. The molecule has 29 heavy (non-hydrogen) atoms. The predicted molar refractivity (Wildman–Crippen MR) is 115 cm³/mol. The van der Waals surface area contributed by atoms with Crippen LogP contribution in [-0.4, -0.2) is 33.7 Å². The van der Waals surface area contributed by atoms with Gasteiger partial charge in [0.15, 0.2) is 6.61 Å². The fourth-order valence-corrected chi connectivity index (χ4v) is 4.36. The van der Waals surface area contributed by atoms with Crippen LogP contribution in [0.2, 0.25) is 10.0 Å². The summed E-state index contributed by atoms with van der Waals surface area (Å²) in [7, 11) is 0. The molecule has 1 heterocycles. The molecule has 1 aliphatic heterocycles. The molecule has 0 saturated carbocycles. The molecule has 2 aromatic carbocycles. The highest BCUT2D eigenvalue weighted by Gasteiger charge is 2.35. The number of imide groups is 1. The van der Waals surface area contributed by atoms with E-state index in [0.29, 0.717) is 31.4 Å². The summed E-state index contributed by atoms with van der Waals surface area (Å²) in [5, 5.41) is 9.02. The molecule has 1 saturated heterocycles. The zero-order chi connectivity index (χ0) is 21.1. The average molecular weight is 517 g/mol. The SMILES string of the molecule is O=C(O)COc1ccc(/C=C2\SC(=O)N(Cc3c(Cl)cccc3Cl)C2=O)cc1Br. The molecule has 0 unspecified atom stereocenters. The fourth-order valence-electron chi connectivity index (χ4n) is 2.49. The maximum absolute atomic E-state index is 12.7. The molecule has 0 aromatic heterocycles. The first-order valence-corrected chi connectivity index (χ1v) is 10.4. The lowest BCUT2D eigenvalue weighted by atomic mass is 10.2. The Balaban J connectivity index is 1.79. The largest absolute Gasteiger partial charge is 0.481 e. The van der Waals surface area contributed by atoms with Crippen molar-refractivity contribution in [3.05, 3.63) is 66.9 Å². The van der Waals surface area contributed by atoms with E-state index in [4.69, 9.17) is 33.0 Å². The minimum absolute atomic E-state index is 0.0217. The molecule has 0 spiro atoms. The number of rotatable bonds is 6. The highest BCUT2D eigenvalue weighted by Crippen LogP contribution is 2.36. The van der Waals surface area contributed by atoms with Crippen LogP contribution in [0.15, 0.2) is 45.8 Å². The summed E-state index contributed by atoms with van der Waals surface area (Å²) < 4.78 is 5.66. The lowest BCUT2D eigenvalue weighted by molar-refractivity contribution is -0.139. The highest BCUT2D eigenvalue weighted by molar-refractivity contribution is 9.10. The zero-order valence-corrected chi connectivity index (χ0v) is 18.4. The Morgan fingerprint density at radius 3 is 2.52 bits per heavy atom. The smallest absolute Gasteiger partial charge is 0.341 e. The number of carbonyl (C=O) groups excluding carboxylic acids is 2. The minimum Gasteiger partial charge on any atom is -0.481 e. The van der Waals surface area contributed by atoms with Crippen molar-refractivity contribution < 1.29 is 24.2 Å². The average Bonchev–Trinajstić information content (AvgIpc) is 2.91. The van der Waals surface area contributed by atoms with E-state index in [1.54, 1.807) is 42.5 Å². The standard InChI is InChI=1S/C19H12BrCl2NO5S/c20-12-6-10(4-5-15(12)28-9-17(24)25)7-16-18(26)23(19(27)29-16)8-11-13(21)2-1-3-14(11)22/h1-7H,8-9H2,(H,24,25)/b16-7-. The highest BCUT2D eigenvalue weighted by atomic mass is 79.9. The van der Waals surface area contributed by atoms with E-state index in [1.165, 1.54) is 0 Å². The first-order valence-electron chi connectivity index (χ1n) is 8.08. The van der Waals surface area contributed by atoms with Gasteiger partial charge >= 0.3 is 5.97 Å². The molecule has 150 valence electrons. The normalized spacial score (nSPS) is 15.3. The summed E-state index contributed by atoms with van der Waals surface area (Å²) in [6, 6.07) is 9.86. The van der Waals surface area contributed by atoms with Gasteiger partial charge in [-0.1, -0.05) is 35.3 Å². The minimum atomic E-state index is -1.09. The topological polar surface area (TPSA) is 83.9 Å². The molecule has 0 radical (unpaired) electrons. The summed E-state index contributed by atoms with van der Waals surface area (Å²) in [5.41, 5.74) is 1.14. The van der Waals surface area contributed by atoms with Crippen LogP contribution in [0.3, 0.4) is 0 Å². The maximum atomic E-state index is 12.7. The molecule has 0 atom stereocenters. The third-order valence-electron chi connectivity index (χ3n) is 3.86. The number of hydrogen-bond donors (Lipinski definition) is 1. The molecular formula is C19H12BrCl2NO5S. The van der Waals surface area contributed by atoms with Crippen molar-refractivity contribution in [2.24, 2.45) is 0 Å². The van der Waals surface area contributed by atoms with Gasteiger partial charge in [-0.25, -0.2) is 4.79 Å². The number of carbonyl (C=O) groups is 3. The molecule has 6 nitrogen and oxygen atoms in total. The van der Waals surface area contributed by atoms with Gasteiger partial charge in [-0.3, -0.25) is 14.5 Å². The lowest BCUT2D eigenvalue weighted by Crippen LogP contribution is -2.27. The van der Waals surface area contributed by atoms with E-state index in [2.05, 4.69) is 15.9 Å². The van der Waals surface area contributed by atoms with Crippen LogP contribution in [0.1, 0.15) is 11.1 Å². The number of thioether (sulfide) groups is 1. The van der Waals surface area contributed by atoms with Crippen molar-refractivity contribution in [1.82, 2.24) is 4.90 Å². The van der Waals surface area contributed by atoms with E-state index in [1.807, 2.05) is 0 Å². The second-order valence-electron chi connectivity index (χ2n) is 5.84. The Hall–Kier alpha value is -2.00. The first kappa shape index (κ1) is 21.7. The van der Waals surface area contributed by atoms with Crippen molar-refractivity contribution in [2.75, 3.05) is 6.61 Å². The molecule has 3 rings (SSSR count). The Labute approximate surface area is 188 Å². The van der Waals surface area contributed by atoms with Gasteiger partial charge in [-0.15, -0.1) is 0 Å². The number of nitrogens with zero attached hydrogens (tertiary/aromatic N) is 1. The number of benzene rings is 2. The van der Waals surface area contributed by atoms with Crippen molar-refractivity contribution in [3.8, 4) is 5.75 Å². The first-order chi connectivity index (χ1) is 13.8. The summed E-state index contributed by atoms with van der Waals surface area (Å²) in [5.74, 6) is -1.18. The van der Waals surface area contributed by atoms with Crippen LogP contribution in [0, 0.1) is 0 Å². The van der Waals surface area contributed by atoms with Gasteiger partial charge < -0.3 is 9.84 Å². The van der Waals surface area contributed by atoms with E-state index < -0.39 is 23.7 Å². The predicted octanol–water partition coefficient (Wildman–Crippen LogP) is 5.46. The quantitative estimate of drug-likeness (QED) is 0.513. The summed E-state index contributed by atoms with van der Waals surface area (Å²) in [6.45, 7) is -0.492. The molecule has 2 amide bonds. The number of halogens is 3. The molecule has 1 fully saturated rings. The van der Waals surface area contributed by atoms with Crippen molar-refractivity contribution in [2.45, 2.75) is 6.54 Å². The fraction of sp³-hybridized carbons (Fsp3) is 0.105. The Morgan fingerprint density at radius 1 is 1.21 bits per heavy atom. The van der Waals surface area contributed by atoms with Gasteiger partial charge in [0.2, 0.25) is 0 Å². The number of carboxylic acid groups (broad SMARTS) is 1. The van der Waals surface area contributed by atoms with E-state index in [0.717, 1.165) is 16.7 Å². The van der Waals surface area contributed by atoms with Crippen LogP contribution < -0.4 is 4.74 Å². The summed E-state index contributed by atoms with van der Waals surface area (Å²) in [4.78, 5) is 37.0. The number of ether oxygens (including phenoxy) is 1. The second kappa shape index (κ2) is 9.21. The monoisotopic (exact) mass is 515 g/mol. The third kappa shape index (κ3) is 5.14. The third-order valence-corrected chi connectivity index (χ3v) is 6.09. The van der Waals surface area contributed by atoms with Crippen molar-refractivity contribution >= 4 is 74.1 Å². The van der Waals surface area contributed by atoms with Crippen LogP contribution in [0.4, 0.5) is 4.79 Å². The zero-order valence-electron chi connectivity index (χ0n) is 14.5. The van der Waals surface area contributed by atoms with E-state index >= 15 is 0 Å². The number of hydrogen-bond acceptors (Lipinski definition) is 5. The van der Waals surface area contributed by atoms with Crippen LogP contribution >= 0.6 is 50.9 Å². The van der Waals surface area contributed by atoms with Gasteiger partial charge in [0.05, 0.1) is 15.9 Å². The van der Waals surface area contributed by atoms with E-state index in [-0.39, 0.29) is 11.4 Å². The Bertz CT molecular complexity index is 1020. The lowest BCUT2D eigenvalue weighted by Gasteiger charge is -2.14. The number of amides is 2. The number of aliphatic carboxylic acids is 1. The molecule has 1 aliphatic rings. The molecule has 0 aliphatic carbocycles. The Morgan fingerprint density at radius 2 is 1.90 bits per heavy atom. The molecule has 1 N–H and O–H groups in total.